The molecule has 0 spiro atoms. The van der Waals surface area contributed by atoms with Crippen molar-refractivity contribution < 1.29 is 14.4 Å². The molecule has 3 rings (SSSR count). The highest BCUT2D eigenvalue weighted by Gasteiger charge is 2.41. The molecule has 0 aromatic heterocycles. The zero-order valence-electron chi connectivity index (χ0n) is 11.7. The van der Waals surface area contributed by atoms with E-state index in [1.165, 1.54) is 26.3 Å². The Morgan fingerprint density at radius 3 is 2.70 bits per heavy atom. The van der Waals surface area contributed by atoms with E-state index in [0.29, 0.717) is 12.0 Å². The first-order valence-electron chi connectivity index (χ1n) is 7.43. The molecular formula is C14H21N3O3. The number of imide groups is 1. The fraction of sp³-hybridized carbons (Fsp3) is 0.786. The Hall–Kier alpha value is -1.43. The van der Waals surface area contributed by atoms with Crippen molar-refractivity contribution in [2.45, 2.75) is 56.7 Å². The van der Waals surface area contributed by atoms with E-state index >= 15 is 0 Å². The smallest absolute Gasteiger partial charge is 0.252 e. The molecule has 0 aromatic carbocycles. The molecule has 2 N–H and O–H groups in total. The van der Waals surface area contributed by atoms with Crippen molar-refractivity contribution in [3.8, 4) is 0 Å². The Bertz CT molecular complexity index is 437. The molecule has 6 heteroatoms. The minimum atomic E-state index is -0.676. The Balaban J connectivity index is 1.58. The van der Waals surface area contributed by atoms with Crippen molar-refractivity contribution in [1.82, 2.24) is 15.5 Å². The summed E-state index contributed by atoms with van der Waals surface area (Å²) in [6, 6.07) is -0.440. The monoisotopic (exact) mass is 279 g/mol. The van der Waals surface area contributed by atoms with Crippen LogP contribution in [0.5, 0.6) is 0 Å². The lowest BCUT2D eigenvalue weighted by atomic mass is 9.85. The number of carbonyl (C=O) groups is 3. The third-order valence-corrected chi connectivity index (χ3v) is 4.88. The van der Waals surface area contributed by atoms with Crippen molar-refractivity contribution in [3.63, 3.8) is 0 Å². The first-order valence-corrected chi connectivity index (χ1v) is 7.43. The zero-order chi connectivity index (χ0) is 14.3. The van der Waals surface area contributed by atoms with Gasteiger partial charge in [-0.1, -0.05) is 12.8 Å². The fourth-order valence-corrected chi connectivity index (χ4v) is 3.66. The summed E-state index contributed by atoms with van der Waals surface area (Å²) in [5.74, 6) is -0.0870. The van der Waals surface area contributed by atoms with E-state index in [-0.39, 0.29) is 30.2 Å². The van der Waals surface area contributed by atoms with Crippen LogP contribution >= 0.6 is 0 Å². The van der Waals surface area contributed by atoms with Gasteiger partial charge in [-0.2, -0.15) is 0 Å². The van der Waals surface area contributed by atoms with Crippen molar-refractivity contribution in [2.75, 3.05) is 7.05 Å². The summed E-state index contributed by atoms with van der Waals surface area (Å²) in [5.41, 5.74) is 0. The number of hydrogen-bond donors (Lipinski definition) is 2. The number of likely N-dealkylation sites (N-methyl/N-ethyl adjacent to an activating group) is 1. The molecule has 2 saturated heterocycles. The van der Waals surface area contributed by atoms with Crippen molar-refractivity contribution in [3.05, 3.63) is 0 Å². The molecule has 4 unspecified atom stereocenters. The van der Waals surface area contributed by atoms with Crippen LogP contribution in [0.3, 0.4) is 0 Å². The maximum Gasteiger partial charge on any atom is 0.252 e. The predicted molar refractivity (Wildman–Crippen MR) is 71.6 cm³/mol. The minimum absolute atomic E-state index is 0.0840. The molecule has 2 aliphatic heterocycles. The van der Waals surface area contributed by atoms with Gasteiger partial charge < -0.3 is 10.6 Å². The molecule has 2 heterocycles. The van der Waals surface area contributed by atoms with Gasteiger partial charge in [0.2, 0.25) is 11.8 Å². The molecule has 3 fully saturated rings. The van der Waals surface area contributed by atoms with Crippen LogP contribution in [-0.2, 0) is 14.4 Å². The SMILES string of the molecule is CN1C(=O)CC(NC(=O)C2CC3CCCCC3N2)C1=O. The number of carbonyl (C=O) groups excluding carboxylic acids is 3. The number of nitrogens with one attached hydrogen (secondary N) is 2. The molecule has 3 amide bonds. The van der Waals surface area contributed by atoms with Gasteiger partial charge in [-0.3, -0.25) is 19.3 Å². The largest absolute Gasteiger partial charge is 0.342 e. The predicted octanol–water partition coefficient (Wildman–Crippen LogP) is -0.219. The fourth-order valence-electron chi connectivity index (χ4n) is 3.66. The highest BCUT2D eigenvalue weighted by molar-refractivity contribution is 6.06. The molecule has 0 aromatic rings. The van der Waals surface area contributed by atoms with Gasteiger partial charge in [0.15, 0.2) is 0 Å². The van der Waals surface area contributed by atoms with Crippen LogP contribution in [0.4, 0.5) is 0 Å². The average Bonchev–Trinajstić information content (AvgIpc) is 2.97. The number of hydrogen-bond acceptors (Lipinski definition) is 4. The molecule has 0 radical (unpaired) electrons. The van der Waals surface area contributed by atoms with Crippen LogP contribution in [0.2, 0.25) is 0 Å². The molecule has 0 bridgehead atoms. The second-order valence-electron chi connectivity index (χ2n) is 6.16. The number of rotatable bonds is 2. The highest BCUT2D eigenvalue weighted by atomic mass is 16.2. The quantitative estimate of drug-likeness (QED) is 0.685. The van der Waals surface area contributed by atoms with Gasteiger partial charge in [-0.25, -0.2) is 0 Å². The number of amides is 3. The minimum Gasteiger partial charge on any atom is -0.342 e. The first kappa shape index (κ1) is 13.5. The maximum atomic E-state index is 12.2. The molecule has 1 saturated carbocycles. The van der Waals surface area contributed by atoms with E-state index in [0.717, 1.165) is 17.7 Å². The summed E-state index contributed by atoms with van der Waals surface area (Å²) in [5, 5.41) is 6.11. The van der Waals surface area contributed by atoms with E-state index in [4.69, 9.17) is 0 Å². The van der Waals surface area contributed by atoms with Crippen molar-refractivity contribution in [1.29, 1.82) is 0 Å². The van der Waals surface area contributed by atoms with Crippen molar-refractivity contribution in [2.24, 2.45) is 5.92 Å². The topological polar surface area (TPSA) is 78.5 Å². The normalized spacial score (nSPS) is 37.1. The summed E-state index contributed by atoms with van der Waals surface area (Å²) >= 11 is 0. The molecule has 20 heavy (non-hydrogen) atoms. The van der Waals surface area contributed by atoms with Crippen LogP contribution in [0.25, 0.3) is 0 Å². The zero-order valence-corrected chi connectivity index (χ0v) is 11.7. The number of fused-ring (bicyclic) bond motifs is 1. The van der Waals surface area contributed by atoms with Gasteiger partial charge in [-0.05, 0) is 25.2 Å². The van der Waals surface area contributed by atoms with Gasteiger partial charge in [0.05, 0.1) is 12.5 Å². The lowest BCUT2D eigenvalue weighted by Crippen LogP contribution is -2.48. The van der Waals surface area contributed by atoms with Crippen LogP contribution in [0.1, 0.15) is 38.5 Å². The third kappa shape index (κ3) is 2.32. The Morgan fingerprint density at radius 2 is 2.05 bits per heavy atom. The third-order valence-electron chi connectivity index (χ3n) is 4.88. The van der Waals surface area contributed by atoms with E-state index in [1.54, 1.807) is 0 Å². The lowest BCUT2D eigenvalue weighted by molar-refractivity contribution is -0.138. The van der Waals surface area contributed by atoms with E-state index in [9.17, 15) is 14.4 Å². The second kappa shape index (κ2) is 5.16. The summed E-state index contributed by atoms with van der Waals surface area (Å²) in [6.45, 7) is 0. The van der Waals surface area contributed by atoms with Gasteiger partial charge in [0, 0.05) is 13.1 Å². The summed E-state index contributed by atoms with van der Waals surface area (Å²) in [7, 11) is 1.46. The standard InChI is InChI=1S/C14H21N3O3/c1-17-12(18)7-11(14(17)20)16-13(19)10-6-8-4-2-3-5-9(8)15-10/h8-11,15H,2-7H2,1H3,(H,16,19). The van der Waals surface area contributed by atoms with Gasteiger partial charge in [0.25, 0.3) is 5.91 Å². The lowest BCUT2D eigenvalue weighted by Gasteiger charge is -2.24. The van der Waals surface area contributed by atoms with Gasteiger partial charge in [-0.15, -0.1) is 0 Å². The van der Waals surface area contributed by atoms with Crippen LogP contribution in [0.15, 0.2) is 0 Å². The average molecular weight is 279 g/mol. The molecular weight excluding hydrogens is 258 g/mol. The summed E-state index contributed by atoms with van der Waals surface area (Å²) in [6.07, 6.45) is 5.73. The Morgan fingerprint density at radius 1 is 1.30 bits per heavy atom. The molecule has 6 nitrogen and oxygen atoms in total. The molecule has 4 atom stereocenters. The maximum absolute atomic E-state index is 12.2. The van der Waals surface area contributed by atoms with E-state index < -0.39 is 6.04 Å². The number of likely N-dealkylation sites (tertiary alicyclic amines) is 1. The Kier molecular flexibility index (Phi) is 3.50. The van der Waals surface area contributed by atoms with Crippen LogP contribution in [-0.4, -0.2) is 47.8 Å². The summed E-state index contributed by atoms with van der Waals surface area (Å²) < 4.78 is 0. The second-order valence-corrected chi connectivity index (χ2v) is 6.16. The molecule has 3 aliphatic rings. The van der Waals surface area contributed by atoms with E-state index in [1.807, 2.05) is 0 Å². The Labute approximate surface area is 118 Å². The molecule has 1 aliphatic carbocycles. The van der Waals surface area contributed by atoms with E-state index in [2.05, 4.69) is 10.6 Å². The highest BCUT2D eigenvalue weighted by Crippen LogP contribution is 2.33. The number of nitrogens with zero attached hydrogens (tertiary/aromatic N) is 1. The molecule has 110 valence electrons. The van der Waals surface area contributed by atoms with Crippen molar-refractivity contribution >= 4 is 17.7 Å². The summed E-state index contributed by atoms with van der Waals surface area (Å²) in [4.78, 5) is 36.6. The van der Waals surface area contributed by atoms with Gasteiger partial charge in [0.1, 0.15) is 6.04 Å². The van der Waals surface area contributed by atoms with Crippen LogP contribution < -0.4 is 10.6 Å². The van der Waals surface area contributed by atoms with Crippen LogP contribution in [0, 0.1) is 5.92 Å². The van der Waals surface area contributed by atoms with Gasteiger partial charge >= 0.3 is 0 Å². The first-order chi connectivity index (χ1) is 9.56.